The zero-order valence-corrected chi connectivity index (χ0v) is 10.00. The van der Waals surface area contributed by atoms with Crippen LogP contribution in [-0.4, -0.2) is 27.5 Å². The van der Waals surface area contributed by atoms with E-state index in [0.29, 0.717) is 29.7 Å². The van der Waals surface area contributed by atoms with Gasteiger partial charge in [-0.3, -0.25) is 19.7 Å². The van der Waals surface area contributed by atoms with Gasteiger partial charge in [-0.15, -0.1) is 0 Å². The molecule has 2 amide bonds. The van der Waals surface area contributed by atoms with Gasteiger partial charge in [0.1, 0.15) is 11.9 Å². The van der Waals surface area contributed by atoms with Crippen LogP contribution in [0.3, 0.4) is 0 Å². The van der Waals surface area contributed by atoms with Gasteiger partial charge in [0.05, 0.1) is 5.92 Å². The van der Waals surface area contributed by atoms with Crippen molar-refractivity contribution in [1.29, 1.82) is 0 Å². The molecule has 0 aromatic carbocycles. The highest BCUT2D eigenvalue weighted by Gasteiger charge is 2.29. The molecule has 1 N–H and O–H groups in total. The van der Waals surface area contributed by atoms with Crippen LogP contribution in [0.5, 0.6) is 0 Å². The summed E-state index contributed by atoms with van der Waals surface area (Å²) in [6.07, 6.45) is 4.82. The SMILES string of the molecule is O=Cc1cc(C2CCC(=O)NC2=O)n2ccnc2c1. The normalized spacial score (nSPS) is 19.5. The molecule has 3 rings (SSSR count). The molecule has 1 saturated heterocycles. The van der Waals surface area contributed by atoms with Crippen LogP contribution < -0.4 is 5.32 Å². The van der Waals surface area contributed by atoms with Crippen LogP contribution in [0, 0.1) is 0 Å². The summed E-state index contributed by atoms with van der Waals surface area (Å²) in [7, 11) is 0. The van der Waals surface area contributed by atoms with Crippen molar-refractivity contribution in [1.82, 2.24) is 14.7 Å². The van der Waals surface area contributed by atoms with Crippen molar-refractivity contribution < 1.29 is 14.4 Å². The molecular formula is C13H11N3O3. The maximum absolute atomic E-state index is 11.9. The highest BCUT2D eigenvalue weighted by molar-refractivity contribution is 6.01. The van der Waals surface area contributed by atoms with Gasteiger partial charge >= 0.3 is 0 Å². The predicted octanol–water partition coefficient (Wildman–Crippen LogP) is 0.667. The van der Waals surface area contributed by atoms with E-state index < -0.39 is 5.92 Å². The van der Waals surface area contributed by atoms with Gasteiger partial charge in [0.25, 0.3) is 0 Å². The Morgan fingerprint density at radius 3 is 2.95 bits per heavy atom. The van der Waals surface area contributed by atoms with Crippen LogP contribution in [0.4, 0.5) is 0 Å². The van der Waals surface area contributed by atoms with Gasteiger partial charge in [0, 0.05) is 30.1 Å². The first kappa shape index (κ1) is 11.6. The van der Waals surface area contributed by atoms with Gasteiger partial charge in [-0.1, -0.05) is 0 Å². The van der Waals surface area contributed by atoms with E-state index in [0.717, 1.165) is 6.29 Å². The molecule has 0 saturated carbocycles. The molecular weight excluding hydrogens is 246 g/mol. The Labute approximate surface area is 108 Å². The molecule has 6 nitrogen and oxygen atoms in total. The topological polar surface area (TPSA) is 80.5 Å². The first-order valence-corrected chi connectivity index (χ1v) is 5.95. The summed E-state index contributed by atoms with van der Waals surface area (Å²) in [5.41, 5.74) is 1.77. The number of hydrogen-bond acceptors (Lipinski definition) is 4. The Morgan fingerprint density at radius 2 is 2.21 bits per heavy atom. The first-order valence-electron chi connectivity index (χ1n) is 5.95. The fraction of sp³-hybridized carbons (Fsp3) is 0.231. The van der Waals surface area contributed by atoms with Crippen LogP contribution in [-0.2, 0) is 9.59 Å². The third-order valence-corrected chi connectivity index (χ3v) is 3.29. The molecule has 19 heavy (non-hydrogen) atoms. The van der Waals surface area contributed by atoms with Gasteiger partial charge in [-0.2, -0.15) is 0 Å². The van der Waals surface area contributed by atoms with E-state index in [-0.39, 0.29) is 11.8 Å². The molecule has 0 bridgehead atoms. The Bertz CT molecular complexity index is 689. The molecule has 0 aliphatic carbocycles. The second-order valence-corrected chi connectivity index (χ2v) is 4.49. The minimum Gasteiger partial charge on any atom is -0.303 e. The second kappa shape index (κ2) is 4.31. The van der Waals surface area contributed by atoms with Gasteiger partial charge in [-0.25, -0.2) is 4.98 Å². The molecule has 3 heterocycles. The Kier molecular flexibility index (Phi) is 2.63. The molecule has 1 unspecified atom stereocenters. The second-order valence-electron chi connectivity index (χ2n) is 4.49. The van der Waals surface area contributed by atoms with E-state index in [1.165, 1.54) is 0 Å². The van der Waals surface area contributed by atoms with Crippen molar-refractivity contribution in [2.24, 2.45) is 0 Å². The van der Waals surface area contributed by atoms with Gasteiger partial charge < -0.3 is 4.40 Å². The average Bonchev–Trinajstić information content (AvgIpc) is 2.86. The average molecular weight is 257 g/mol. The lowest BCUT2D eigenvalue weighted by atomic mass is 9.93. The van der Waals surface area contributed by atoms with E-state index in [9.17, 15) is 14.4 Å². The van der Waals surface area contributed by atoms with Gasteiger partial charge in [-0.05, 0) is 18.6 Å². The number of carbonyl (C=O) groups is 3. The number of aromatic nitrogens is 2. The summed E-state index contributed by atoms with van der Waals surface area (Å²) in [5, 5.41) is 2.32. The van der Waals surface area contributed by atoms with Gasteiger partial charge in [0.2, 0.25) is 11.8 Å². The van der Waals surface area contributed by atoms with Crippen molar-refractivity contribution in [3.05, 3.63) is 35.8 Å². The molecule has 1 aliphatic rings. The quantitative estimate of drug-likeness (QED) is 0.633. The summed E-state index contributed by atoms with van der Waals surface area (Å²) in [4.78, 5) is 38.2. The van der Waals surface area contributed by atoms with E-state index in [2.05, 4.69) is 10.3 Å². The van der Waals surface area contributed by atoms with E-state index >= 15 is 0 Å². The number of hydrogen-bond donors (Lipinski definition) is 1. The number of carbonyl (C=O) groups excluding carboxylic acids is 3. The van der Waals surface area contributed by atoms with Crippen LogP contribution >= 0.6 is 0 Å². The number of amides is 2. The van der Waals surface area contributed by atoms with Crippen molar-refractivity contribution in [2.75, 3.05) is 0 Å². The molecule has 96 valence electrons. The van der Waals surface area contributed by atoms with Crippen molar-refractivity contribution in [3.63, 3.8) is 0 Å². The third kappa shape index (κ3) is 1.91. The number of rotatable bonds is 2. The maximum Gasteiger partial charge on any atom is 0.235 e. The number of nitrogens with one attached hydrogen (secondary N) is 1. The molecule has 1 atom stereocenters. The summed E-state index contributed by atoms with van der Waals surface area (Å²) < 4.78 is 1.77. The number of pyridine rings is 1. The van der Waals surface area contributed by atoms with Crippen LogP contribution in [0.2, 0.25) is 0 Å². The van der Waals surface area contributed by atoms with Crippen molar-refractivity contribution in [2.45, 2.75) is 18.8 Å². The summed E-state index contributed by atoms with van der Waals surface area (Å²) in [6.45, 7) is 0. The lowest BCUT2D eigenvalue weighted by Crippen LogP contribution is -2.40. The minimum absolute atomic E-state index is 0.255. The number of fused-ring (bicyclic) bond motifs is 1. The monoisotopic (exact) mass is 257 g/mol. The third-order valence-electron chi connectivity index (χ3n) is 3.29. The smallest absolute Gasteiger partial charge is 0.235 e. The Balaban J connectivity index is 2.13. The Morgan fingerprint density at radius 1 is 1.37 bits per heavy atom. The van der Waals surface area contributed by atoms with Gasteiger partial charge in [0.15, 0.2) is 0 Å². The molecule has 0 radical (unpaired) electrons. The van der Waals surface area contributed by atoms with Crippen molar-refractivity contribution >= 4 is 23.7 Å². The Hall–Kier alpha value is -2.50. The minimum atomic E-state index is -0.436. The predicted molar refractivity (Wildman–Crippen MR) is 65.7 cm³/mol. The van der Waals surface area contributed by atoms with Crippen LogP contribution in [0.1, 0.15) is 34.8 Å². The summed E-state index contributed by atoms with van der Waals surface area (Å²) in [6, 6.07) is 3.32. The number of imidazole rings is 1. The molecule has 6 heteroatoms. The number of aldehydes is 1. The maximum atomic E-state index is 11.9. The molecule has 2 aromatic rings. The fourth-order valence-corrected chi connectivity index (χ4v) is 2.38. The molecule has 0 spiro atoms. The molecule has 1 fully saturated rings. The largest absolute Gasteiger partial charge is 0.303 e. The summed E-state index contributed by atoms with van der Waals surface area (Å²) >= 11 is 0. The molecule has 1 aliphatic heterocycles. The molecule has 2 aromatic heterocycles. The van der Waals surface area contributed by atoms with Crippen molar-refractivity contribution in [3.8, 4) is 0 Å². The number of piperidine rings is 1. The zero-order chi connectivity index (χ0) is 13.4. The number of imide groups is 1. The first-order chi connectivity index (χ1) is 9.19. The van der Waals surface area contributed by atoms with E-state index in [1.54, 1.807) is 28.9 Å². The van der Waals surface area contributed by atoms with Crippen LogP contribution in [0.15, 0.2) is 24.5 Å². The standard InChI is InChI=1S/C13H11N3O3/c17-7-8-5-10(16-4-3-14-11(16)6-8)9-1-2-12(18)15-13(9)19/h3-7,9H,1-2H2,(H,15,18,19). The highest BCUT2D eigenvalue weighted by atomic mass is 16.2. The zero-order valence-electron chi connectivity index (χ0n) is 10.00. The summed E-state index contributed by atoms with van der Waals surface area (Å²) in [5.74, 6) is -1.02. The van der Waals surface area contributed by atoms with E-state index in [4.69, 9.17) is 0 Å². The number of nitrogens with zero attached hydrogens (tertiary/aromatic N) is 2. The van der Waals surface area contributed by atoms with E-state index in [1.807, 2.05) is 0 Å². The highest BCUT2D eigenvalue weighted by Crippen LogP contribution is 2.26. The fourth-order valence-electron chi connectivity index (χ4n) is 2.38. The van der Waals surface area contributed by atoms with Crippen LogP contribution in [0.25, 0.3) is 5.65 Å². The lowest BCUT2D eigenvalue weighted by molar-refractivity contribution is -0.134. The lowest BCUT2D eigenvalue weighted by Gasteiger charge is -2.22.